The Labute approximate surface area is 95.8 Å². The van der Waals surface area contributed by atoms with E-state index in [1.807, 2.05) is 0 Å². The summed E-state index contributed by atoms with van der Waals surface area (Å²) in [5, 5.41) is 0. The molecule has 0 radical (unpaired) electrons. The van der Waals surface area contributed by atoms with Crippen molar-refractivity contribution >= 4 is 0 Å². The molecule has 0 saturated heterocycles. The van der Waals surface area contributed by atoms with Gasteiger partial charge in [-0.1, -0.05) is 47.0 Å². The van der Waals surface area contributed by atoms with Crippen LogP contribution in [0.5, 0.6) is 0 Å². The van der Waals surface area contributed by atoms with E-state index in [0.29, 0.717) is 10.8 Å². The summed E-state index contributed by atoms with van der Waals surface area (Å²) in [5.74, 6) is 2.01. The van der Waals surface area contributed by atoms with Crippen LogP contribution in [-0.4, -0.2) is 0 Å². The first-order valence-electron chi connectivity index (χ1n) is 7.00. The van der Waals surface area contributed by atoms with Gasteiger partial charge in [-0.2, -0.15) is 0 Å². The van der Waals surface area contributed by atoms with E-state index in [4.69, 9.17) is 0 Å². The van der Waals surface area contributed by atoms with Gasteiger partial charge in [0.05, 0.1) is 0 Å². The van der Waals surface area contributed by atoms with Crippen LogP contribution < -0.4 is 0 Å². The summed E-state index contributed by atoms with van der Waals surface area (Å²) in [6, 6.07) is 0. The summed E-state index contributed by atoms with van der Waals surface area (Å²) in [4.78, 5) is 0. The Bertz CT molecular complexity index is 228. The van der Waals surface area contributed by atoms with E-state index in [0.717, 1.165) is 11.8 Å². The first kappa shape index (κ1) is 11.5. The predicted molar refractivity (Wildman–Crippen MR) is 66.9 cm³/mol. The van der Waals surface area contributed by atoms with E-state index >= 15 is 0 Å². The molecule has 2 aliphatic rings. The number of fused-ring (bicyclic) bond motifs is 1. The maximum absolute atomic E-state index is 2.60. The molecule has 2 fully saturated rings. The predicted octanol–water partition coefficient (Wildman–Crippen LogP) is 5.03. The molecule has 0 aromatic rings. The van der Waals surface area contributed by atoms with Crippen molar-refractivity contribution < 1.29 is 0 Å². The third kappa shape index (κ3) is 1.74. The van der Waals surface area contributed by atoms with Gasteiger partial charge in [0.15, 0.2) is 0 Å². The van der Waals surface area contributed by atoms with Crippen LogP contribution in [-0.2, 0) is 0 Å². The van der Waals surface area contributed by atoms with Crippen molar-refractivity contribution in [3.05, 3.63) is 0 Å². The molecule has 0 heteroatoms. The molecule has 15 heavy (non-hydrogen) atoms. The fourth-order valence-corrected chi connectivity index (χ4v) is 4.94. The summed E-state index contributed by atoms with van der Waals surface area (Å²) < 4.78 is 0. The van der Waals surface area contributed by atoms with Crippen LogP contribution in [0.2, 0.25) is 0 Å². The third-order valence-electron chi connectivity index (χ3n) is 5.75. The molecule has 2 rings (SSSR count). The van der Waals surface area contributed by atoms with Crippen LogP contribution in [0.15, 0.2) is 0 Å². The monoisotopic (exact) mass is 208 g/mol. The Morgan fingerprint density at radius 1 is 1.00 bits per heavy atom. The van der Waals surface area contributed by atoms with E-state index in [1.165, 1.54) is 44.9 Å². The summed E-state index contributed by atoms with van der Waals surface area (Å²) in [7, 11) is 0. The minimum absolute atomic E-state index is 0.612. The first-order chi connectivity index (χ1) is 7.00. The second-order valence-electron chi connectivity index (χ2n) is 6.94. The van der Waals surface area contributed by atoms with Crippen LogP contribution >= 0.6 is 0 Å². The Balaban J connectivity index is 2.27. The van der Waals surface area contributed by atoms with Crippen LogP contribution in [0, 0.1) is 22.7 Å². The SMILES string of the molecule is CCC1CCCC2C(C)(C)CCCC12C. The average Bonchev–Trinajstić information content (AvgIpc) is 2.16. The van der Waals surface area contributed by atoms with Gasteiger partial charge in [-0.25, -0.2) is 0 Å². The minimum Gasteiger partial charge on any atom is -0.0651 e. The number of hydrogen-bond acceptors (Lipinski definition) is 0. The fourth-order valence-electron chi connectivity index (χ4n) is 4.94. The molecule has 0 spiro atoms. The lowest BCUT2D eigenvalue weighted by atomic mass is 9.48. The lowest BCUT2D eigenvalue weighted by Gasteiger charge is -2.57. The van der Waals surface area contributed by atoms with Gasteiger partial charge in [0.1, 0.15) is 0 Å². The van der Waals surface area contributed by atoms with Crippen LogP contribution in [0.25, 0.3) is 0 Å². The molecule has 0 N–H and O–H groups in total. The highest BCUT2D eigenvalue weighted by molar-refractivity contribution is 5.00. The molecule has 0 heterocycles. The summed E-state index contributed by atoms with van der Waals surface area (Å²) in [5.41, 5.74) is 1.29. The lowest BCUT2D eigenvalue weighted by molar-refractivity contribution is -0.0735. The minimum atomic E-state index is 0.612. The van der Waals surface area contributed by atoms with Gasteiger partial charge < -0.3 is 0 Å². The maximum Gasteiger partial charge on any atom is -0.0264 e. The fraction of sp³-hybridized carbons (Fsp3) is 1.00. The standard InChI is InChI=1S/C15H28/c1-5-12-8-6-9-13-14(2,3)10-7-11-15(12,13)4/h12-13H,5-11H2,1-4H3. The van der Waals surface area contributed by atoms with E-state index in [-0.39, 0.29) is 0 Å². The Hall–Kier alpha value is 0. The molecular formula is C15H28. The van der Waals surface area contributed by atoms with Crippen molar-refractivity contribution in [3.8, 4) is 0 Å². The van der Waals surface area contributed by atoms with Crippen molar-refractivity contribution in [2.24, 2.45) is 22.7 Å². The van der Waals surface area contributed by atoms with Crippen LogP contribution in [0.3, 0.4) is 0 Å². The van der Waals surface area contributed by atoms with Crippen LogP contribution in [0.1, 0.15) is 72.6 Å². The zero-order chi connectivity index (χ0) is 11.1. The van der Waals surface area contributed by atoms with Crippen molar-refractivity contribution in [1.82, 2.24) is 0 Å². The topological polar surface area (TPSA) is 0 Å². The first-order valence-corrected chi connectivity index (χ1v) is 7.00. The zero-order valence-electron chi connectivity index (χ0n) is 11.1. The van der Waals surface area contributed by atoms with Crippen LogP contribution in [0.4, 0.5) is 0 Å². The summed E-state index contributed by atoms with van der Waals surface area (Å²) in [6.45, 7) is 10.0. The molecule has 0 amide bonds. The van der Waals surface area contributed by atoms with Crippen molar-refractivity contribution in [2.75, 3.05) is 0 Å². The van der Waals surface area contributed by atoms with Gasteiger partial charge >= 0.3 is 0 Å². The zero-order valence-corrected chi connectivity index (χ0v) is 11.1. The van der Waals surface area contributed by atoms with Gasteiger partial charge in [0, 0.05) is 0 Å². The molecular weight excluding hydrogens is 180 g/mol. The highest BCUT2D eigenvalue weighted by Crippen LogP contribution is 2.60. The van der Waals surface area contributed by atoms with Crippen molar-refractivity contribution in [2.45, 2.75) is 72.6 Å². The number of rotatable bonds is 1. The lowest BCUT2D eigenvalue weighted by Crippen LogP contribution is -2.48. The normalized spacial score (nSPS) is 44.8. The average molecular weight is 208 g/mol. The molecule has 2 aliphatic carbocycles. The summed E-state index contributed by atoms with van der Waals surface area (Å²) in [6.07, 6.45) is 10.3. The molecule has 3 unspecified atom stereocenters. The molecule has 3 atom stereocenters. The quantitative estimate of drug-likeness (QED) is 0.567. The van der Waals surface area contributed by atoms with E-state index in [9.17, 15) is 0 Å². The molecule has 0 aromatic carbocycles. The second-order valence-corrected chi connectivity index (χ2v) is 6.94. The van der Waals surface area contributed by atoms with Gasteiger partial charge in [0.2, 0.25) is 0 Å². The van der Waals surface area contributed by atoms with E-state index in [1.54, 1.807) is 0 Å². The van der Waals surface area contributed by atoms with Gasteiger partial charge in [-0.05, 0) is 48.3 Å². The van der Waals surface area contributed by atoms with Crippen molar-refractivity contribution in [1.29, 1.82) is 0 Å². The molecule has 88 valence electrons. The molecule has 0 nitrogen and oxygen atoms in total. The van der Waals surface area contributed by atoms with Gasteiger partial charge in [-0.3, -0.25) is 0 Å². The van der Waals surface area contributed by atoms with Crippen molar-refractivity contribution in [3.63, 3.8) is 0 Å². The Kier molecular flexibility index (Phi) is 2.90. The van der Waals surface area contributed by atoms with Gasteiger partial charge in [0.25, 0.3) is 0 Å². The molecule has 0 aromatic heterocycles. The van der Waals surface area contributed by atoms with E-state index in [2.05, 4.69) is 27.7 Å². The molecule has 0 bridgehead atoms. The smallest absolute Gasteiger partial charge is 0.0264 e. The highest BCUT2D eigenvalue weighted by atomic mass is 14.6. The molecule has 2 saturated carbocycles. The second kappa shape index (κ2) is 3.79. The molecule has 0 aliphatic heterocycles. The third-order valence-corrected chi connectivity index (χ3v) is 5.75. The largest absolute Gasteiger partial charge is 0.0651 e. The number of hydrogen-bond donors (Lipinski definition) is 0. The summed E-state index contributed by atoms with van der Waals surface area (Å²) >= 11 is 0. The Morgan fingerprint density at radius 2 is 1.73 bits per heavy atom. The maximum atomic E-state index is 2.60. The highest BCUT2D eigenvalue weighted by Gasteiger charge is 2.50. The van der Waals surface area contributed by atoms with E-state index < -0.39 is 0 Å². The van der Waals surface area contributed by atoms with Gasteiger partial charge in [-0.15, -0.1) is 0 Å². The Morgan fingerprint density at radius 3 is 2.40 bits per heavy atom.